The van der Waals surface area contributed by atoms with Gasteiger partial charge in [0, 0.05) is 11.0 Å². The number of likely N-dealkylation sites (tertiary alicyclic amines) is 1. The van der Waals surface area contributed by atoms with Gasteiger partial charge in [0.15, 0.2) is 6.23 Å². The molecule has 2 heterocycles. The van der Waals surface area contributed by atoms with Crippen molar-refractivity contribution in [1.82, 2.24) is 9.88 Å². The number of thiazole rings is 1. The zero-order valence-electron chi connectivity index (χ0n) is 11.3. The molecule has 0 saturated carbocycles. The van der Waals surface area contributed by atoms with Crippen molar-refractivity contribution in [3.63, 3.8) is 0 Å². The fourth-order valence-electron chi connectivity index (χ4n) is 2.48. The maximum atomic E-state index is 12.4. The lowest BCUT2D eigenvalue weighted by molar-refractivity contribution is -0.0811. The van der Waals surface area contributed by atoms with E-state index in [9.17, 15) is 9.90 Å². The largest absolute Gasteiger partial charge is 0.443 e. The van der Waals surface area contributed by atoms with E-state index in [1.165, 1.54) is 11.3 Å². The van der Waals surface area contributed by atoms with Gasteiger partial charge in [-0.05, 0) is 47.3 Å². The molecule has 0 radical (unpaired) electrons. The Bertz CT molecular complexity index is 661. The lowest BCUT2D eigenvalue weighted by Crippen LogP contribution is -2.42. The van der Waals surface area contributed by atoms with Crippen LogP contribution >= 0.6 is 27.3 Å². The van der Waals surface area contributed by atoms with Gasteiger partial charge in [0.25, 0.3) is 0 Å². The van der Waals surface area contributed by atoms with Crippen LogP contribution < -0.4 is 0 Å². The van der Waals surface area contributed by atoms with E-state index >= 15 is 0 Å². The molecule has 1 aromatic heterocycles. The maximum absolute atomic E-state index is 12.4. The summed E-state index contributed by atoms with van der Waals surface area (Å²) in [4.78, 5) is 18.4. The highest BCUT2D eigenvalue weighted by Gasteiger charge is 2.26. The van der Waals surface area contributed by atoms with Crippen LogP contribution in [0.1, 0.15) is 29.6 Å². The number of hydrogen-bond donors (Lipinski definition) is 1. The number of ether oxygens (including phenoxy) is 1. The monoisotopic (exact) mass is 370 g/mol. The third-order valence-electron chi connectivity index (χ3n) is 3.62. The normalized spacial score (nSPS) is 19.8. The van der Waals surface area contributed by atoms with E-state index in [0.717, 1.165) is 36.0 Å². The number of carbonyl (C=O) groups is 1. The number of benzene rings is 1. The third-order valence-corrected chi connectivity index (χ3v) is 5.07. The van der Waals surface area contributed by atoms with E-state index in [-0.39, 0.29) is 18.9 Å². The average molecular weight is 371 g/mol. The second kappa shape index (κ2) is 6.39. The SMILES string of the molecule is O=C(OC1CCCCN1CO)c1cc2ncsc2cc1Br. The lowest BCUT2D eigenvalue weighted by Gasteiger charge is -2.33. The molecule has 1 aliphatic heterocycles. The summed E-state index contributed by atoms with van der Waals surface area (Å²) in [5, 5.41) is 9.33. The van der Waals surface area contributed by atoms with Crippen molar-refractivity contribution in [2.24, 2.45) is 0 Å². The molecule has 5 nitrogen and oxygen atoms in total. The van der Waals surface area contributed by atoms with Gasteiger partial charge in [-0.15, -0.1) is 11.3 Å². The highest BCUT2D eigenvalue weighted by molar-refractivity contribution is 9.10. The summed E-state index contributed by atoms with van der Waals surface area (Å²) in [6.07, 6.45) is 2.42. The lowest BCUT2D eigenvalue weighted by atomic mass is 10.1. The van der Waals surface area contributed by atoms with E-state index in [4.69, 9.17) is 4.74 Å². The van der Waals surface area contributed by atoms with Crippen LogP contribution in [0.25, 0.3) is 10.2 Å². The summed E-state index contributed by atoms with van der Waals surface area (Å²) in [5.74, 6) is -0.387. The number of halogens is 1. The Morgan fingerprint density at radius 1 is 1.52 bits per heavy atom. The second-order valence-electron chi connectivity index (χ2n) is 4.96. The van der Waals surface area contributed by atoms with Crippen LogP contribution in [0.4, 0.5) is 0 Å². The highest BCUT2D eigenvalue weighted by Crippen LogP contribution is 2.28. The van der Waals surface area contributed by atoms with E-state index in [2.05, 4.69) is 20.9 Å². The smallest absolute Gasteiger partial charge is 0.340 e. The summed E-state index contributed by atoms with van der Waals surface area (Å²) in [7, 11) is 0. The minimum Gasteiger partial charge on any atom is -0.443 e. The van der Waals surface area contributed by atoms with Gasteiger partial charge in [-0.3, -0.25) is 0 Å². The Labute approximate surface area is 134 Å². The molecule has 0 bridgehead atoms. The number of aromatic nitrogens is 1. The van der Waals surface area contributed by atoms with Crippen molar-refractivity contribution in [2.45, 2.75) is 25.5 Å². The minimum atomic E-state index is -0.387. The van der Waals surface area contributed by atoms with Crippen LogP contribution in [0.5, 0.6) is 0 Å². The number of fused-ring (bicyclic) bond motifs is 1. The Balaban J connectivity index is 1.81. The van der Waals surface area contributed by atoms with E-state index in [1.54, 1.807) is 16.5 Å². The Morgan fingerprint density at radius 2 is 2.38 bits per heavy atom. The van der Waals surface area contributed by atoms with Gasteiger partial charge in [0.2, 0.25) is 0 Å². The number of nitrogens with zero attached hydrogens (tertiary/aromatic N) is 2. The van der Waals surface area contributed by atoms with Crippen LogP contribution in [0, 0.1) is 0 Å². The molecule has 21 heavy (non-hydrogen) atoms. The number of piperidine rings is 1. The van der Waals surface area contributed by atoms with Gasteiger partial charge >= 0.3 is 5.97 Å². The summed E-state index contributed by atoms with van der Waals surface area (Å²) in [6, 6.07) is 3.62. The number of aliphatic hydroxyl groups is 1. The average Bonchev–Trinajstić information content (AvgIpc) is 2.94. The Hall–Kier alpha value is -1.02. The summed E-state index contributed by atoms with van der Waals surface area (Å²) in [5.41, 5.74) is 3.01. The Morgan fingerprint density at radius 3 is 3.19 bits per heavy atom. The van der Waals surface area contributed by atoms with Crippen molar-refractivity contribution in [3.8, 4) is 0 Å². The van der Waals surface area contributed by atoms with E-state index in [1.807, 2.05) is 6.07 Å². The third kappa shape index (κ3) is 3.11. The Kier molecular flexibility index (Phi) is 4.54. The predicted molar refractivity (Wildman–Crippen MR) is 84.2 cm³/mol. The van der Waals surface area contributed by atoms with Crippen molar-refractivity contribution in [1.29, 1.82) is 0 Å². The standard InChI is InChI=1S/C14H15BrN2O3S/c15-10-6-12-11(16-7-21-12)5-9(10)14(19)20-13-3-1-2-4-17(13)8-18/h5-7,13,18H,1-4,8H2. The molecule has 1 atom stereocenters. The first-order valence-corrected chi connectivity index (χ1v) is 8.45. The molecule has 1 fully saturated rings. The second-order valence-corrected chi connectivity index (χ2v) is 6.70. The van der Waals surface area contributed by atoms with Gasteiger partial charge in [-0.1, -0.05) is 0 Å². The van der Waals surface area contributed by atoms with Gasteiger partial charge in [0.1, 0.15) is 0 Å². The van der Waals surface area contributed by atoms with Crippen LogP contribution in [0.3, 0.4) is 0 Å². The molecule has 1 N–H and O–H groups in total. The van der Waals surface area contributed by atoms with Crippen LogP contribution in [0.15, 0.2) is 22.1 Å². The molecule has 1 aliphatic rings. The zero-order valence-corrected chi connectivity index (χ0v) is 13.7. The first-order chi connectivity index (χ1) is 10.2. The number of carbonyl (C=O) groups excluding carboxylic acids is 1. The number of esters is 1. The summed E-state index contributed by atoms with van der Waals surface area (Å²) in [6.45, 7) is 0.658. The minimum absolute atomic E-state index is 0.0930. The van der Waals surface area contributed by atoms with Gasteiger partial charge in [-0.2, -0.15) is 0 Å². The molecule has 2 aromatic rings. The fourth-order valence-corrected chi connectivity index (χ4v) is 3.83. The van der Waals surface area contributed by atoms with Crippen LogP contribution in [-0.4, -0.2) is 40.5 Å². The van der Waals surface area contributed by atoms with Crippen LogP contribution in [0.2, 0.25) is 0 Å². The quantitative estimate of drug-likeness (QED) is 0.841. The molecule has 1 unspecified atom stereocenters. The molecule has 3 rings (SSSR count). The molecule has 1 aromatic carbocycles. The molecule has 0 spiro atoms. The van der Waals surface area contributed by atoms with Gasteiger partial charge in [0.05, 0.1) is 28.0 Å². The predicted octanol–water partition coefficient (Wildman–Crippen LogP) is 2.98. The van der Waals surface area contributed by atoms with E-state index in [0.29, 0.717) is 10.0 Å². The molecule has 112 valence electrons. The van der Waals surface area contributed by atoms with Gasteiger partial charge in [-0.25, -0.2) is 14.7 Å². The summed E-state index contributed by atoms with van der Waals surface area (Å²) >= 11 is 4.94. The molecule has 7 heteroatoms. The van der Waals surface area contributed by atoms with Crippen molar-refractivity contribution < 1.29 is 14.6 Å². The molecular formula is C14H15BrN2O3S. The fraction of sp³-hybridized carbons (Fsp3) is 0.429. The maximum Gasteiger partial charge on any atom is 0.340 e. The number of rotatable bonds is 3. The first-order valence-electron chi connectivity index (χ1n) is 6.77. The number of aliphatic hydroxyl groups excluding tert-OH is 1. The van der Waals surface area contributed by atoms with Crippen molar-refractivity contribution >= 4 is 43.5 Å². The molecule has 0 amide bonds. The van der Waals surface area contributed by atoms with Gasteiger partial charge < -0.3 is 9.84 Å². The molecular weight excluding hydrogens is 356 g/mol. The number of hydrogen-bond acceptors (Lipinski definition) is 6. The zero-order chi connectivity index (χ0) is 14.8. The molecule has 0 aliphatic carbocycles. The summed E-state index contributed by atoms with van der Waals surface area (Å²) < 4.78 is 7.29. The van der Waals surface area contributed by atoms with Crippen molar-refractivity contribution in [2.75, 3.05) is 13.3 Å². The topological polar surface area (TPSA) is 62.7 Å². The van der Waals surface area contributed by atoms with Crippen molar-refractivity contribution in [3.05, 3.63) is 27.7 Å². The van der Waals surface area contributed by atoms with E-state index < -0.39 is 0 Å². The first kappa shape index (κ1) is 14.9. The van der Waals surface area contributed by atoms with Crippen LogP contribution in [-0.2, 0) is 4.74 Å². The molecule has 1 saturated heterocycles. The highest BCUT2D eigenvalue weighted by atomic mass is 79.9.